The van der Waals surface area contributed by atoms with E-state index in [2.05, 4.69) is 25.1 Å². The normalized spacial score (nSPS) is 11.5. The summed E-state index contributed by atoms with van der Waals surface area (Å²) in [6, 6.07) is 9.56. The fourth-order valence-corrected chi connectivity index (χ4v) is 5.43. The summed E-state index contributed by atoms with van der Waals surface area (Å²) in [4.78, 5) is 11.4. The molecule has 0 radical (unpaired) electrons. The Labute approximate surface area is 210 Å². The zero-order chi connectivity index (χ0) is 23.7. The highest BCUT2D eigenvalue weighted by molar-refractivity contribution is 14.1. The molecule has 0 spiro atoms. The van der Waals surface area contributed by atoms with Crippen LogP contribution in [0.25, 0.3) is 10.8 Å². The summed E-state index contributed by atoms with van der Waals surface area (Å²) in [6.45, 7) is 2.27. The molecule has 0 unspecified atom stereocenters. The van der Waals surface area contributed by atoms with Crippen molar-refractivity contribution in [2.24, 2.45) is 0 Å². The Morgan fingerprint density at radius 2 is 1.45 bits per heavy atom. The topological polar surface area (TPSA) is 54.4 Å². The molecule has 4 heteroatoms. The number of carbonyl (C=O) groups is 1. The summed E-state index contributed by atoms with van der Waals surface area (Å²) in [7, 11) is 0. The highest BCUT2D eigenvalue weighted by Gasteiger charge is 2.13. The van der Waals surface area contributed by atoms with E-state index in [0.717, 1.165) is 23.6 Å². The number of benzene rings is 2. The Hall–Kier alpha value is -1.56. The maximum Gasteiger partial charge on any atom is 0.336 e. The molecule has 182 valence electrons. The van der Waals surface area contributed by atoms with Crippen LogP contribution < -0.4 is 0 Å². The maximum atomic E-state index is 11.6. The molecule has 0 saturated carbocycles. The van der Waals surface area contributed by atoms with Gasteiger partial charge in [-0.15, -0.1) is 0 Å². The highest BCUT2D eigenvalue weighted by Crippen LogP contribution is 2.27. The van der Waals surface area contributed by atoms with Gasteiger partial charge in [0.15, 0.2) is 21.2 Å². The molecule has 0 atom stereocenters. The number of hydrogen-bond donors (Lipinski definition) is 1. The number of fused-ring (bicyclic) bond motifs is 1. The number of hydrogen-bond acceptors (Lipinski definition) is 2. The van der Waals surface area contributed by atoms with Crippen molar-refractivity contribution < 1.29 is 13.0 Å². The lowest BCUT2D eigenvalue weighted by Gasteiger charge is -2.09. The number of allylic oxidation sites excluding steroid dienone is 2. The number of aromatic carboxylic acids is 1. The predicted octanol–water partition coefficient (Wildman–Crippen LogP) is 9.60. The van der Waals surface area contributed by atoms with Crippen LogP contribution in [0.15, 0.2) is 42.5 Å². The number of unbranched alkanes of at least 4 members (excludes halogenated alkanes) is 12. The Morgan fingerprint density at radius 1 is 0.848 bits per heavy atom. The monoisotopic (exact) mass is 564 g/mol. The summed E-state index contributed by atoms with van der Waals surface area (Å²) in [5.74, 6) is -1.00. The second kappa shape index (κ2) is 17.0. The number of carboxylic acid groups (broad SMARTS) is 1. The molecule has 0 aromatic heterocycles. The second-order valence-corrected chi connectivity index (χ2v) is 10.6. The molecule has 1 N–H and O–H groups in total. The van der Waals surface area contributed by atoms with Crippen LogP contribution in [0.4, 0.5) is 0 Å². The van der Waals surface area contributed by atoms with Crippen molar-refractivity contribution in [1.29, 1.82) is 0 Å². The average Bonchev–Trinajstić information content (AvgIpc) is 2.82. The van der Waals surface area contributed by atoms with Crippen LogP contribution in [0.1, 0.15) is 113 Å². The van der Waals surface area contributed by atoms with Crippen molar-refractivity contribution in [3.8, 4) is 0 Å². The third-order valence-corrected chi connectivity index (χ3v) is 7.70. The Bertz CT molecular complexity index is 888. The molecular weight excluding hydrogens is 523 g/mol. The quantitative estimate of drug-likeness (QED) is 0.111. The molecule has 0 saturated heterocycles. The van der Waals surface area contributed by atoms with E-state index in [0.29, 0.717) is 3.57 Å². The zero-order valence-electron chi connectivity index (χ0n) is 20.3. The SMILES string of the molecule is CCCCCCCCCCC=CCCCCCCc1cccc2cc(C(=O)O)c(I=O)cc12. The number of halogens is 1. The van der Waals surface area contributed by atoms with E-state index in [4.69, 9.17) is 0 Å². The van der Waals surface area contributed by atoms with Gasteiger partial charge in [0.05, 0.1) is 9.13 Å². The third-order valence-electron chi connectivity index (χ3n) is 6.33. The number of carboxylic acids is 1. The van der Waals surface area contributed by atoms with Gasteiger partial charge in [0.25, 0.3) is 0 Å². The molecule has 2 rings (SSSR count). The van der Waals surface area contributed by atoms with Gasteiger partial charge in [0.2, 0.25) is 0 Å². The lowest BCUT2D eigenvalue weighted by atomic mass is 9.98. The largest absolute Gasteiger partial charge is 0.478 e. The van der Waals surface area contributed by atoms with E-state index in [9.17, 15) is 13.0 Å². The minimum atomic E-state index is -1.51. The van der Waals surface area contributed by atoms with Gasteiger partial charge in [-0.1, -0.05) is 95.1 Å². The van der Waals surface area contributed by atoms with Crippen LogP contribution in [0.2, 0.25) is 0 Å². The summed E-state index contributed by atoms with van der Waals surface area (Å²) in [5, 5.41) is 11.3. The lowest BCUT2D eigenvalue weighted by Crippen LogP contribution is -2.00. The second-order valence-electron chi connectivity index (χ2n) is 9.04. The summed E-state index contributed by atoms with van der Waals surface area (Å²) >= 11 is -1.51. The molecule has 0 aliphatic carbocycles. The molecule has 0 bridgehead atoms. The van der Waals surface area contributed by atoms with Crippen LogP contribution in [0, 0.1) is 3.57 Å². The van der Waals surface area contributed by atoms with Crippen molar-refractivity contribution in [3.63, 3.8) is 0 Å². The summed E-state index contributed by atoms with van der Waals surface area (Å²) in [5.41, 5.74) is 1.41. The minimum absolute atomic E-state index is 0.179. The van der Waals surface area contributed by atoms with Gasteiger partial charge in [-0.3, -0.25) is 3.07 Å². The Morgan fingerprint density at radius 3 is 2.06 bits per heavy atom. The van der Waals surface area contributed by atoms with Gasteiger partial charge in [0, 0.05) is 0 Å². The molecule has 0 amide bonds. The van der Waals surface area contributed by atoms with Crippen molar-refractivity contribution >= 4 is 37.9 Å². The van der Waals surface area contributed by atoms with Crippen LogP contribution in [0.5, 0.6) is 0 Å². The average molecular weight is 565 g/mol. The molecular formula is C29H41IO3. The summed E-state index contributed by atoms with van der Waals surface area (Å²) in [6.07, 6.45) is 24.0. The van der Waals surface area contributed by atoms with Crippen molar-refractivity contribution in [2.75, 3.05) is 0 Å². The Balaban J connectivity index is 1.60. The van der Waals surface area contributed by atoms with Crippen LogP contribution >= 0.6 is 21.2 Å². The van der Waals surface area contributed by atoms with Crippen molar-refractivity contribution in [3.05, 3.63) is 57.2 Å². The van der Waals surface area contributed by atoms with E-state index in [1.54, 1.807) is 6.07 Å². The van der Waals surface area contributed by atoms with Crippen molar-refractivity contribution in [2.45, 2.75) is 103 Å². The summed E-state index contributed by atoms with van der Waals surface area (Å²) < 4.78 is 12.1. The van der Waals surface area contributed by atoms with Crippen LogP contribution in [0.3, 0.4) is 0 Å². The van der Waals surface area contributed by atoms with E-state index < -0.39 is 27.2 Å². The van der Waals surface area contributed by atoms with Crippen LogP contribution in [-0.4, -0.2) is 11.1 Å². The number of rotatable bonds is 18. The first kappa shape index (κ1) is 27.7. The lowest BCUT2D eigenvalue weighted by molar-refractivity contribution is 0.0696. The van der Waals surface area contributed by atoms with E-state index in [1.165, 1.54) is 89.0 Å². The molecule has 0 fully saturated rings. The zero-order valence-corrected chi connectivity index (χ0v) is 22.4. The maximum absolute atomic E-state index is 11.6. The molecule has 3 nitrogen and oxygen atoms in total. The van der Waals surface area contributed by atoms with Crippen molar-refractivity contribution in [1.82, 2.24) is 0 Å². The third kappa shape index (κ3) is 10.5. The van der Waals surface area contributed by atoms with Gasteiger partial charge in [-0.05, 0) is 67.0 Å². The molecule has 0 heterocycles. The first-order chi connectivity index (χ1) is 16.2. The van der Waals surface area contributed by atoms with Crippen LogP contribution in [-0.2, 0) is 9.49 Å². The van der Waals surface area contributed by atoms with E-state index >= 15 is 0 Å². The van der Waals surface area contributed by atoms with Gasteiger partial charge in [-0.2, -0.15) is 0 Å². The van der Waals surface area contributed by atoms with E-state index in [1.807, 2.05) is 18.2 Å². The molecule has 0 aliphatic heterocycles. The fourth-order valence-electron chi connectivity index (χ4n) is 4.37. The smallest absolute Gasteiger partial charge is 0.336 e. The van der Waals surface area contributed by atoms with Gasteiger partial charge >= 0.3 is 5.97 Å². The molecule has 33 heavy (non-hydrogen) atoms. The minimum Gasteiger partial charge on any atom is -0.478 e. The first-order valence-corrected chi connectivity index (χ1v) is 14.8. The van der Waals surface area contributed by atoms with Gasteiger partial charge in [-0.25, -0.2) is 4.79 Å². The molecule has 2 aromatic carbocycles. The van der Waals surface area contributed by atoms with Gasteiger partial charge in [0.1, 0.15) is 0 Å². The highest BCUT2D eigenvalue weighted by atomic mass is 127. The Kier molecular flexibility index (Phi) is 14.2. The predicted molar refractivity (Wildman–Crippen MR) is 147 cm³/mol. The van der Waals surface area contributed by atoms with Gasteiger partial charge < -0.3 is 5.11 Å². The first-order valence-electron chi connectivity index (χ1n) is 12.9. The standard InChI is InChI=1S/C29H41IO3/c1-2-3-4-5-6-7-8-9-10-11-12-13-14-15-16-17-19-24-20-18-21-25-22-27(29(31)32)28(30-33)23-26(24)25/h11-12,18,20-23H,2-10,13-17,19H2,1H3,(H,31,32). The number of aryl methyl sites for hydroxylation is 1. The molecule has 0 aliphatic rings. The molecule has 2 aromatic rings. The fraction of sp³-hybridized carbons (Fsp3) is 0.552. The van der Waals surface area contributed by atoms with E-state index in [-0.39, 0.29) is 5.56 Å².